The van der Waals surface area contributed by atoms with Gasteiger partial charge in [-0.05, 0) is 30.5 Å². The van der Waals surface area contributed by atoms with Gasteiger partial charge < -0.3 is 48.5 Å². The van der Waals surface area contributed by atoms with Crippen molar-refractivity contribution in [1.29, 1.82) is 0 Å². The van der Waals surface area contributed by atoms with Crippen molar-refractivity contribution >= 4 is 48.2 Å². The minimum Gasteiger partial charge on any atom is -0.508 e. The molecule has 210 valence electrons. The lowest BCUT2D eigenvalue weighted by atomic mass is 10.0. The number of aromatic hydroxyl groups is 1. The number of phenols is 1. The minimum atomic E-state index is -1.59. The molecule has 12 N–H and O–H groups in total. The van der Waals surface area contributed by atoms with Crippen LogP contribution in [-0.4, -0.2) is 87.4 Å². The van der Waals surface area contributed by atoms with Gasteiger partial charge in [-0.2, -0.15) is 12.6 Å². The zero-order valence-electron chi connectivity index (χ0n) is 20.4. The van der Waals surface area contributed by atoms with Crippen LogP contribution in [0.15, 0.2) is 29.3 Å². The molecule has 16 heteroatoms. The molecule has 0 aliphatic carbocycles. The van der Waals surface area contributed by atoms with Crippen LogP contribution in [-0.2, 0) is 30.4 Å². The molecular formula is C22H33N7O8S. The van der Waals surface area contributed by atoms with Crippen LogP contribution in [0.2, 0.25) is 0 Å². The third kappa shape index (κ3) is 11.8. The number of thiol groups is 1. The Morgan fingerprint density at radius 2 is 1.45 bits per heavy atom. The van der Waals surface area contributed by atoms with Gasteiger partial charge in [0.2, 0.25) is 17.7 Å². The largest absolute Gasteiger partial charge is 0.508 e. The normalized spacial score (nSPS) is 13.7. The van der Waals surface area contributed by atoms with Gasteiger partial charge in [-0.15, -0.1) is 0 Å². The molecule has 0 heterocycles. The number of rotatable bonds is 16. The predicted octanol–water partition coefficient (Wildman–Crippen LogP) is -2.74. The van der Waals surface area contributed by atoms with Crippen molar-refractivity contribution in [2.24, 2.45) is 22.2 Å². The highest BCUT2D eigenvalue weighted by atomic mass is 32.1. The van der Waals surface area contributed by atoms with Gasteiger partial charge in [0.1, 0.15) is 23.9 Å². The maximum Gasteiger partial charge on any atom is 0.326 e. The molecule has 0 saturated heterocycles. The lowest BCUT2D eigenvalue weighted by molar-refractivity contribution is -0.143. The van der Waals surface area contributed by atoms with Crippen molar-refractivity contribution in [3.8, 4) is 5.75 Å². The average Bonchev–Trinajstić information content (AvgIpc) is 2.84. The van der Waals surface area contributed by atoms with Gasteiger partial charge in [-0.25, -0.2) is 4.79 Å². The van der Waals surface area contributed by atoms with Crippen LogP contribution < -0.4 is 33.2 Å². The summed E-state index contributed by atoms with van der Waals surface area (Å²) in [6, 6.07) is 0.230. The van der Waals surface area contributed by atoms with Crippen molar-refractivity contribution in [2.75, 3.05) is 12.3 Å². The van der Waals surface area contributed by atoms with Crippen LogP contribution in [0.1, 0.15) is 24.8 Å². The molecular weight excluding hydrogens is 522 g/mol. The summed E-state index contributed by atoms with van der Waals surface area (Å²) in [5, 5.41) is 35.2. The van der Waals surface area contributed by atoms with Gasteiger partial charge in [0.25, 0.3) is 0 Å². The second-order valence-electron chi connectivity index (χ2n) is 8.23. The van der Waals surface area contributed by atoms with Crippen LogP contribution in [0.4, 0.5) is 0 Å². The number of nitrogens with two attached hydrogens (primary N) is 3. The van der Waals surface area contributed by atoms with E-state index in [0.717, 1.165) is 0 Å². The fourth-order valence-corrected chi connectivity index (χ4v) is 3.29. The molecule has 38 heavy (non-hydrogen) atoms. The lowest BCUT2D eigenvalue weighted by Crippen LogP contribution is -2.58. The Labute approximate surface area is 223 Å². The number of hydrogen-bond donors (Lipinski definition) is 10. The summed E-state index contributed by atoms with van der Waals surface area (Å²) in [6.07, 6.45) is -0.770. The second-order valence-corrected chi connectivity index (χ2v) is 8.59. The highest BCUT2D eigenvalue weighted by Crippen LogP contribution is 2.12. The molecule has 0 bridgehead atoms. The monoisotopic (exact) mass is 555 g/mol. The molecule has 4 unspecified atom stereocenters. The molecule has 0 aromatic heterocycles. The van der Waals surface area contributed by atoms with Crippen molar-refractivity contribution in [2.45, 2.75) is 49.9 Å². The molecule has 1 rings (SSSR count). The van der Waals surface area contributed by atoms with E-state index in [-0.39, 0.29) is 43.3 Å². The fraction of sp³-hybridized carbons (Fsp3) is 0.455. The van der Waals surface area contributed by atoms with Crippen molar-refractivity contribution < 1.29 is 39.3 Å². The maximum absolute atomic E-state index is 13.1. The van der Waals surface area contributed by atoms with Crippen LogP contribution >= 0.6 is 12.6 Å². The van der Waals surface area contributed by atoms with Crippen LogP contribution in [0.25, 0.3) is 0 Å². The first kappa shape index (κ1) is 32.0. The molecule has 0 aliphatic heterocycles. The van der Waals surface area contributed by atoms with Crippen molar-refractivity contribution in [3.05, 3.63) is 29.8 Å². The molecule has 0 saturated carbocycles. The van der Waals surface area contributed by atoms with Crippen LogP contribution in [0.3, 0.4) is 0 Å². The summed E-state index contributed by atoms with van der Waals surface area (Å²) in [5.74, 6) is -5.75. The summed E-state index contributed by atoms with van der Waals surface area (Å²) in [5.41, 5.74) is 16.5. The first-order valence-electron chi connectivity index (χ1n) is 11.4. The van der Waals surface area contributed by atoms with Crippen LogP contribution in [0.5, 0.6) is 5.75 Å². The number of carbonyl (C=O) groups excluding carboxylic acids is 3. The Hall–Kier alpha value is -4.05. The third-order valence-electron chi connectivity index (χ3n) is 5.11. The van der Waals surface area contributed by atoms with Gasteiger partial charge in [0.05, 0.1) is 12.5 Å². The van der Waals surface area contributed by atoms with Gasteiger partial charge in [0, 0.05) is 18.7 Å². The number of carboxylic acid groups (broad SMARTS) is 2. The number of hydrogen-bond acceptors (Lipinski definition) is 9. The number of phenolic OH excluding ortho intramolecular Hbond substituents is 1. The van der Waals surface area contributed by atoms with E-state index in [1.807, 2.05) is 0 Å². The van der Waals surface area contributed by atoms with Crippen molar-refractivity contribution in [3.63, 3.8) is 0 Å². The highest BCUT2D eigenvalue weighted by Gasteiger charge is 2.31. The topological polar surface area (TPSA) is 273 Å². The quantitative estimate of drug-likeness (QED) is 0.0432. The number of carbonyl (C=O) groups is 5. The van der Waals surface area contributed by atoms with Crippen LogP contribution in [0, 0.1) is 0 Å². The average molecular weight is 556 g/mol. The summed E-state index contributed by atoms with van der Waals surface area (Å²) in [6.45, 7) is 0.126. The zero-order valence-corrected chi connectivity index (χ0v) is 21.3. The number of guanidine groups is 1. The first-order chi connectivity index (χ1) is 17.8. The predicted molar refractivity (Wildman–Crippen MR) is 139 cm³/mol. The van der Waals surface area contributed by atoms with Crippen molar-refractivity contribution in [1.82, 2.24) is 16.0 Å². The van der Waals surface area contributed by atoms with E-state index < -0.39 is 60.2 Å². The van der Waals surface area contributed by atoms with E-state index in [0.29, 0.717) is 5.56 Å². The number of aliphatic carboxylic acids is 2. The molecule has 3 amide bonds. The van der Waals surface area contributed by atoms with E-state index in [1.54, 1.807) is 0 Å². The molecule has 0 aliphatic rings. The summed E-state index contributed by atoms with van der Waals surface area (Å²) < 4.78 is 0. The van der Waals surface area contributed by atoms with Gasteiger partial charge in [-0.3, -0.25) is 24.2 Å². The van der Waals surface area contributed by atoms with E-state index in [2.05, 4.69) is 33.6 Å². The smallest absolute Gasteiger partial charge is 0.326 e. The van der Waals surface area contributed by atoms with E-state index in [4.69, 9.17) is 17.2 Å². The number of benzene rings is 1. The summed E-state index contributed by atoms with van der Waals surface area (Å²) in [7, 11) is 0. The Morgan fingerprint density at radius 3 is 1.97 bits per heavy atom. The third-order valence-corrected chi connectivity index (χ3v) is 5.51. The van der Waals surface area contributed by atoms with Gasteiger partial charge in [-0.1, -0.05) is 12.1 Å². The molecule has 15 nitrogen and oxygen atoms in total. The fourth-order valence-electron chi connectivity index (χ4n) is 3.13. The summed E-state index contributed by atoms with van der Waals surface area (Å²) in [4.78, 5) is 64.9. The molecule has 0 spiro atoms. The highest BCUT2D eigenvalue weighted by molar-refractivity contribution is 7.80. The summed E-state index contributed by atoms with van der Waals surface area (Å²) >= 11 is 3.89. The van der Waals surface area contributed by atoms with E-state index in [9.17, 15) is 39.3 Å². The second kappa shape index (κ2) is 15.9. The standard InChI is InChI=1S/C22H33N7O8S/c23-13(10-38)18(33)28-16(9-17(31)32)20(35)29-15(8-11-3-5-12(30)6-4-11)19(34)27-14(21(36)37)2-1-7-26-22(24)25/h3-6,13-16,30,38H,1-2,7-10,23H2,(H,27,34)(H,28,33)(H,29,35)(H,31,32)(H,36,37)(H4,24,25,26). The molecule has 0 fully saturated rings. The molecule has 4 atom stereocenters. The minimum absolute atomic E-state index is 0.0307. The number of aliphatic imine (C=N–C) groups is 1. The molecule has 1 aromatic rings. The maximum atomic E-state index is 13.1. The Kier molecular flexibility index (Phi) is 13.4. The Bertz CT molecular complexity index is 1020. The zero-order chi connectivity index (χ0) is 28.8. The van der Waals surface area contributed by atoms with Gasteiger partial charge in [0.15, 0.2) is 5.96 Å². The lowest BCUT2D eigenvalue weighted by Gasteiger charge is -2.24. The molecule has 1 aromatic carbocycles. The van der Waals surface area contributed by atoms with E-state index in [1.165, 1.54) is 24.3 Å². The Morgan fingerprint density at radius 1 is 0.895 bits per heavy atom. The number of carboxylic acids is 2. The first-order valence-corrected chi connectivity index (χ1v) is 12.0. The Balaban J connectivity index is 3.13. The van der Waals surface area contributed by atoms with Gasteiger partial charge >= 0.3 is 11.9 Å². The van der Waals surface area contributed by atoms with E-state index >= 15 is 0 Å². The number of nitrogens with zero attached hydrogens (tertiary/aromatic N) is 1. The number of amides is 3. The molecule has 0 radical (unpaired) electrons. The number of nitrogens with one attached hydrogen (secondary N) is 3. The SMILES string of the molecule is NC(N)=NCCCC(NC(=O)C(Cc1ccc(O)cc1)NC(=O)C(CC(=O)O)NC(=O)C(N)CS)C(=O)O.